The van der Waals surface area contributed by atoms with Crippen LogP contribution in [-0.4, -0.2) is 0 Å². The number of nitriles is 1. The second kappa shape index (κ2) is 3.65. The molecule has 0 aliphatic carbocycles. The van der Waals surface area contributed by atoms with Crippen LogP contribution in [0.1, 0.15) is 11.1 Å². The lowest BCUT2D eigenvalue weighted by Gasteiger charge is -2.01. The first-order chi connectivity index (χ1) is 5.69. The lowest BCUT2D eigenvalue weighted by Crippen LogP contribution is -2.00. The molecule has 0 aliphatic rings. The van der Waals surface area contributed by atoms with Crippen molar-refractivity contribution >= 4 is 15.9 Å². The van der Waals surface area contributed by atoms with Crippen LogP contribution >= 0.6 is 15.9 Å². The quantitative estimate of drug-likeness (QED) is 0.799. The summed E-state index contributed by atoms with van der Waals surface area (Å²) in [5.74, 6) is -0.394. The lowest BCUT2D eigenvalue weighted by atomic mass is 10.1. The molecular weight excluding hydrogens is 223 g/mol. The van der Waals surface area contributed by atoms with Gasteiger partial charge in [-0.25, -0.2) is 4.39 Å². The zero-order chi connectivity index (χ0) is 9.14. The summed E-state index contributed by atoms with van der Waals surface area (Å²) in [4.78, 5) is 0. The summed E-state index contributed by atoms with van der Waals surface area (Å²) < 4.78 is 13.2. The molecule has 0 saturated heterocycles. The molecule has 0 aliphatic heterocycles. The summed E-state index contributed by atoms with van der Waals surface area (Å²) in [6, 6.07) is 4.63. The smallest absolute Gasteiger partial charge is 0.137 e. The van der Waals surface area contributed by atoms with Crippen molar-refractivity contribution in [2.75, 3.05) is 0 Å². The maximum absolute atomic E-state index is 12.9. The maximum Gasteiger partial charge on any atom is 0.137 e. The average Bonchev–Trinajstić information content (AvgIpc) is 2.09. The van der Waals surface area contributed by atoms with E-state index in [1.165, 1.54) is 12.1 Å². The maximum atomic E-state index is 12.9. The Bertz CT molecular complexity index is 344. The highest BCUT2D eigenvalue weighted by atomic mass is 79.9. The van der Waals surface area contributed by atoms with Crippen molar-refractivity contribution < 1.29 is 4.39 Å². The highest BCUT2D eigenvalue weighted by Gasteiger charge is 2.05. The Hall–Kier alpha value is -0.920. The molecule has 1 aromatic carbocycles. The first kappa shape index (κ1) is 9.17. The second-order valence-corrected chi connectivity index (χ2v) is 3.09. The molecule has 1 rings (SSSR count). The molecule has 0 saturated carbocycles. The molecule has 0 unspecified atom stereocenters. The third kappa shape index (κ3) is 1.63. The topological polar surface area (TPSA) is 49.8 Å². The first-order valence-electron chi connectivity index (χ1n) is 3.27. The summed E-state index contributed by atoms with van der Waals surface area (Å²) in [6.07, 6.45) is 0. The molecule has 2 N–H and O–H groups in total. The molecule has 4 heteroatoms. The SMILES string of the molecule is N#Cc1cc(Br)c(F)cc1CN. The van der Waals surface area contributed by atoms with Crippen molar-refractivity contribution in [1.82, 2.24) is 0 Å². The molecule has 1 aromatic rings. The summed E-state index contributed by atoms with van der Waals surface area (Å²) in [6.45, 7) is 0.174. The first-order valence-corrected chi connectivity index (χ1v) is 4.06. The Morgan fingerprint density at radius 1 is 1.58 bits per heavy atom. The number of benzene rings is 1. The number of hydrogen-bond acceptors (Lipinski definition) is 2. The minimum absolute atomic E-state index is 0.174. The fraction of sp³-hybridized carbons (Fsp3) is 0.125. The van der Waals surface area contributed by atoms with Crippen molar-refractivity contribution in [2.24, 2.45) is 5.73 Å². The largest absolute Gasteiger partial charge is 0.326 e. The Morgan fingerprint density at radius 2 is 2.25 bits per heavy atom. The Kier molecular flexibility index (Phi) is 2.79. The predicted octanol–water partition coefficient (Wildman–Crippen LogP) is 1.92. The standard InChI is InChI=1S/C8H6BrFN2/c9-7-1-5(3-11)6(4-12)2-8(7)10/h1-2H,4,12H2. The molecule has 0 aromatic heterocycles. The van der Waals surface area contributed by atoms with Crippen LogP contribution in [0.4, 0.5) is 4.39 Å². The predicted molar refractivity (Wildman–Crippen MR) is 46.7 cm³/mol. The van der Waals surface area contributed by atoms with E-state index in [-0.39, 0.29) is 11.0 Å². The van der Waals surface area contributed by atoms with Crippen LogP contribution in [0.5, 0.6) is 0 Å². The number of hydrogen-bond donors (Lipinski definition) is 1. The van der Waals surface area contributed by atoms with E-state index in [4.69, 9.17) is 11.0 Å². The van der Waals surface area contributed by atoms with Crippen LogP contribution in [0.2, 0.25) is 0 Å². The van der Waals surface area contributed by atoms with E-state index < -0.39 is 5.82 Å². The van der Waals surface area contributed by atoms with Crippen LogP contribution in [0.3, 0.4) is 0 Å². The van der Waals surface area contributed by atoms with E-state index in [0.29, 0.717) is 11.1 Å². The van der Waals surface area contributed by atoms with Crippen LogP contribution in [0, 0.1) is 17.1 Å². The molecule has 0 heterocycles. The van der Waals surface area contributed by atoms with Crippen LogP contribution < -0.4 is 5.73 Å². The van der Waals surface area contributed by atoms with Gasteiger partial charge in [-0.1, -0.05) is 0 Å². The molecule has 0 atom stereocenters. The Labute approximate surface area is 77.9 Å². The fourth-order valence-corrected chi connectivity index (χ4v) is 1.20. The van der Waals surface area contributed by atoms with Gasteiger partial charge in [0.25, 0.3) is 0 Å². The Morgan fingerprint density at radius 3 is 2.75 bits per heavy atom. The van der Waals surface area contributed by atoms with Gasteiger partial charge < -0.3 is 5.73 Å². The van der Waals surface area contributed by atoms with Gasteiger partial charge in [0.15, 0.2) is 0 Å². The lowest BCUT2D eigenvalue weighted by molar-refractivity contribution is 0.618. The molecule has 0 fully saturated rings. The van der Waals surface area contributed by atoms with E-state index in [0.717, 1.165) is 0 Å². The van der Waals surface area contributed by atoms with Crippen LogP contribution in [-0.2, 0) is 6.54 Å². The van der Waals surface area contributed by atoms with E-state index in [2.05, 4.69) is 15.9 Å². The van der Waals surface area contributed by atoms with E-state index in [9.17, 15) is 4.39 Å². The third-order valence-electron chi connectivity index (χ3n) is 1.49. The van der Waals surface area contributed by atoms with Crippen molar-refractivity contribution in [3.05, 3.63) is 33.5 Å². The summed E-state index contributed by atoms with van der Waals surface area (Å²) in [7, 11) is 0. The zero-order valence-electron chi connectivity index (χ0n) is 6.14. The van der Waals surface area contributed by atoms with Gasteiger partial charge in [-0.15, -0.1) is 0 Å². The van der Waals surface area contributed by atoms with E-state index in [1.807, 2.05) is 6.07 Å². The molecule has 0 spiro atoms. The summed E-state index contributed by atoms with van der Waals surface area (Å²) in [5, 5.41) is 8.62. The highest BCUT2D eigenvalue weighted by molar-refractivity contribution is 9.10. The van der Waals surface area contributed by atoms with Gasteiger partial charge >= 0.3 is 0 Å². The number of rotatable bonds is 1. The van der Waals surface area contributed by atoms with Gasteiger partial charge in [0.05, 0.1) is 16.1 Å². The minimum atomic E-state index is -0.394. The summed E-state index contributed by atoms with van der Waals surface area (Å²) >= 11 is 2.98. The van der Waals surface area contributed by atoms with Crippen molar-refractivity contribution in [3.8, 4) is 6.07 Å². The highest BCUT2D eigenvalue weighted by Crippen LogP contribution is 2.19. The molecule has 0 radical (unpaired) electrons. The average molecular weight is 229 g/mol. The Balaban J connectivity index is 3.31. The van der Waals surface area contributed by atoms with Gasteiger partial charge in [0, 0.05) is 6.54 Å². The van der Waals surface area contributed by atoms with Gasteiger partial charge in [-0.05, 0) is 33.6 Å². The number of nitrogens with two attached hydrogens (primary N) is 1. The molecule has 0 amide bonds. The molecule has 62 valence electrons. The van der Waals surface area contributed by atoms with Gasteiger partial charge in [0.2, 0.25) is 0 Å². The molecule has 0 bridgehead atoms. The van der Waals surface area contributed by atoms with E-state index in [1.54, 1.807) is 0 Å². The molecular formula is C8H6BrFN2. The molecule has 2 nitrogen and oxygen atoms in total. The van der Waals surface area contributed by atoms with Crippen molar-refractivity contribution in [2.45, 2.75) is 6.54 Å². The van der Waals surface area contributed by atoms with Crippen LogP contribution in [0.25, 0.3) is 0 Å². The number of nitrogens with zero attached hydrogens (tertiary/aromatic N) is 1. The van der Waals surface area contributed by atoms with E-state index >= 15 is 0 Å². The third-order valence-corrected chi connectivity index (χ3v) is 2.09. The van der Waals surface area contributed by atoms with Gasteiger partial charge in [-0.2, -0.15) is 5.26 Å². The minimum Gasteiger partial charge on any atom is -0.326 e. The fourth-order valence-electron chi connectivity index (χ4n) is 0.861. The van der Waals surface area contributed by atoms with Crippen molar-refractivity contribution in [1.29, 1.82) is 5.26 Å². The number of halogens is 2. The van der Waals surface area contributed by atoms with Gasteiger partial charge in [-0.3, -0.25) is 0 Å². The van der Waals surface area contributed by atoms with Crippen LogP contribution in [0.15, 0.2) is 16.6 Å². The molecule has 12 heavy (non-hydrogen) atoms. The zero-order valence-corrected chi connectivity index (χ0v) is 7.73. The summed E-state index contributed by atoms with van der Waals surface area (Å²) in [5.41, 5.74) is 6.25. The van der Waals surface area contributed by atoms with Gasteiger partial charge in [0.1, 0.15) is 5.82 Å². The normalized spacial score (nSPS) is 9.50. The monoisotopic (exact) mass is 228 g/mol. The van der Waals surface area contributed by atoms with Crippen molar-refractivity contribution in [3.63, 3.8) is 0 Å². The second-order valence-electron chi connectivity index (χ2n) is 2.24.